The highest BCUT2D eigenvalue weighted by atomic mass is 35.5. The summed E-state index contributed by atoms with van der Waals surface area (Å²) in [5.74, 6) is 1.26. The molecule has 0 spiro atoms. The lowest BCUT2D eigenvalue weighted by molar-refractivity contribution is 0.0772. The second-order valence-corrected chi connectivity index (χ2v) is 6.28. The quantitative estimate of drug-likeness (QED) is 0.689. The number of amides is 1. The van der Waals surface area contributed by atoms with E-state index in [1.807, 2.05) is 36.4 Å². The summed E-state index contributed by atoms with van der Waals surface area (Å²) < 4.78 is 6.96. The van der Waals surface area contributed by atoms with Crippen LogP contribution in [0.3, 0.4) is 0 Å². The van der Waals surface area contributed by atoms with Gasteiger partial charge in [0, 0.05) is 24.2 Å². The number of aryl methyl sites for hydroxylation is 1. The van der Waals surface area contributed by atoms with Gasteiger partial charge in [-0.3, -0.25) is 4.79 Å². The van der Waals surface area contributed by atoms with E-state index < -0.39 is 0 Å². The Bertz CT molecular complexity index is 922. The van der Waals surface area contributed by atoms with Crippen LogP contribution in [0.25, 0.3) is 5.69 Å². The molecule has 26 heavy (non-hydrogen) atoms. The third-order valence-electron chi connectivity index (χ3n) is 3.98. The van der Waals surface area contributed by atoms with Gasteiger partial charge in [0.25, 0.3) is 5.91 Å². The smallest absolute Gasteiger partial charge is 0.293 e. The van der Waals surface area contributed by atoms with Crippen molar-refractivity contribution >= 4 is 17.5 Å². The minimum atomic E-state index is -0.258. The van der Waals surface area contributed by atoms with Crippen LogP contribution in [0.4, 0.5) is 0 Å². The minimum Gasteiger partial charge on any atom is -0.496 e. The van der Waals surface area contributed by atoms with Gasteiger partial charge in [0.2, 0.25) is 5.82 Å². The molecule has 6 nitrogen and oxygen atoms in total. The topological polar surface area (TPSA) is 60.2 Å². The Labute approximate surface area is 157 Å². The molecular weight excluding hydrogens is 352 g/mol. The molecule has 3 rings (SSSR count). The molecule has 1 amide bonds. The SMILES string of the molecule is COc1ccccc1CN(C)C(=O)c1nc(C)n(-c2ccc(Cl)cc2)n1. The zero-order valence-electron chi connectivity index (χ0n) is 14.8. The van der Waals surface area contributed by atoms with E-state index in [9.17, 15) is 4.79 Å². The first-order valence-electron chi connectivity index (χ1n) is 8.06. The molecule has 0 fully saturated rings. The molecule has 0 aliphatic rings. The minimum absolute atomic E-state index is 0.148. The first-order valence-corrected chi connectivity index (χ1v) is 8.44. The predicted molar refractivity (Wildman–Crippen MR) is 99.9 cm³/mol. The molecule has 0 atom stereocenters. The Morgan fingerprint density at radius 3 is 2.58 bits per heavy atom. The van der Waals surface area contributed by atoms with Crippen molar-refractivity contribution in [2.75, 3.05) is 14.2 Å². The molecule has 0 unspecified atom stereocenters. The fourth-order valence-electron chi connectivity index (χ4n) is 2.64. The van der Waals surface area contributed by atoms with Crippen LogP contribution in [0, 0.1) is 6.92 Å². The summed E-state index contributed by atoms with van der Waals surface area (Å²) in [7, 11) is 3.33. The van der Waals surface area contributed by atoms with Gasteiger partial charge in [0.1, 0.15) is 11.6 Å². The van der Waals surface area contributed by atoms with Crippen LogP contribution in [0.15, 0.2) is 48.5 Å². The molecule has 0 bridgehead atoms. The summed E-state index contributed by atoms with van der Waals surface area (Å²) in [6, 6.07) is 14.8. The Morgan fingerprint density at radius 2 is 1.88 bits per heavy atom. The van der Waals surface area contributed by atoms with Gasteiger partial charge in [-0.25, -0.2) is 9.67 Å². The molecule has 2 aromatic carbocycles. The van der Waals surface area contributed by atoms with E-state index in [2.05, 4.69) is 10.1 Å². The standard InChI is InChI=1S/C19H19ClN4O2/c1-13-21-18(22-24(13)16-10-8-15(20)9-11-16)19(25)23(2)12-14-6-4-5-7-17(14)26-3/h4-11H,12H2,1-3H3. The largest absolute Gasteiger partial charge is 0.496 e. The summed E-state index contributed by atoms with van der Waals surface area (Å²) in [5.41, 5.74) is 1.71. The van der Waals surface area contributed by atoms with E-state index in [1.165, 1.54) is 0 Å². The maximum Gasteiger partial charge on any atom is 0.293 e. The van der Waals surface area contributed by atoms with Crippen LogP contribution in [0.2, 0.25) is 5.02 Å². The molecule has 0 aliphatic carbocycles. The number of hydrogen-bond acceptors (Lipinski definition) is 4. The van der Waals surface area contributed by atoms with Crippen LogP contribution in [0.1, 0.15) is 22.0 Å². The molecule has 134 valence electrons. The third kappa shape index (κ3) is 3.70. The average Bonchev–Trinajstić information content (AvgIpc) is 3.03. The van der Waals surface area contributed by atoms with E-state index >= 15 is 0 Å². The lowest BCUT2D eigenvalue weighted by atomic mass is 10.2. The average molecular weight is 371 g/mol. The van der Waals surface area contributed by atoms with Gasteiger partial charge >= 0.3 is 0 Å². The normalized spacial score (nSPS) is 10.6. The molecule has 0 radical (unpaired) electrons. The molecule has 1 aromatic heterocycles. The lowest BCUT2D eigenvalue weighted by Gasteiger charge is -2.17. The number of halogens is 1. The second kappa shape index (κ2) is 7.58. The fraction of sp³-hybridized carbons (Fsp3) is 0.211. The van der Waals surface area contributed by atoms with Gasteiger partial charge in [-0.2, -0.15) is 0 Å². The molecule has 3 aromatic rings. The molecule has 0 saturated carbocycles. The Hall–Kier alpha value is -2.86. The third-order valence-corrected chi connectivity index (χ3v) is 4.23. The molecular formula is C19H19ClN4O2. The summed E-state index contributed by atoms with van der Waals surface area (Å²) in [4.78, 5) is 18.6. The van der Waals surface area contributed by atoms with E-state index in [-0.39, 0.29) is 11.7 Å². The maximum atomic E-state index is 12.7. The van der Waals surface area contributed by atoms with Crippen molar-refractivity contribution in [3.63, 3.8) is 0 Å². The first kappa shape index (κ1) is 17.9. The maximum absolute atomic E-state index is 12.7. The van der Waals surface area contributed by atoms with Crippen molar-refractivity contribution in [2.45, 2.75) is 13.5 Å². The number of carbonyl (C=O) groups is 1. The van der Waals surface area contributed by atoms with E-state index in [4.69, 9.17) is 16.3 Å². The van der Waals surface area contributed by atoms with Crippen molar-refractivity contribution in [3.8, 4) is 11.4 Å². The van der Waals surface area contributed by atoms with Crippen molar-refractivity contribution in [2.24, 2.45) is 0 Å². The van der Waals surface area contributed by atoms with Gasteiger partial charge in [0.05, 0.1) is 12.8 Å². The number of benzene rings is 2. The molecule has 0 N–H and O–H groups in total. The van der Waals surface area contributed by atoms with Crippen molar-refractivity contribution < 1.29 is 9.53 Å². The number of aromatic nitrogens is 3. The zero-order chi connectivity index (χ0) is 18.7. The first-order chi connectivity index (χ1) is 12.5. The van der Waals surface area contributed by atoms with Gasteiger partial charge in [-0.15, -0.1) is 5.10 Å². The van der Waals surface area contributed by atoms with Crippen molar-refractivity contribution in [3.05, 3.63) is 70.8 Å². The van der Waals surface area contributed by atoms with Gasteiger partial charge < -0.3 is 9.64 Å². The van der Waals surface area contributed by atoms with Crippen molar-refractivity contribution in [1.82, 2.24) is 19.7 Å². The second-order valence-electron chi connectivity index (χ2n) is 5.84. The van der Waals surface area contributed by atoms with Crippen LogP contribution in [0.5, 0.6) is 5.75 Å². The predicted octanol–water partition coefficient (Wildman–Crippen LogP) is 3.51. The highest BCUT2D eigenvalue weighted by Crippen LogP contribution is 2.20. The number of rotatable bonds is 5. The fourth-order valence-corrected chi connectivity index (χ4v) is 2.77. The number of ether oxygens (including phenoxy) is 1. The molecule has 1 heterocycles. The summed E-state index contributed by atoms with van der Waals surface area (Å²) >= 11 is 5.92. The van der Waals surface area contributed by atoms with Crippen molar-refractivity contribution in [1.29, 1.82) is 0 Å². The zero-order valence-corrected chi connectivity index (χ0v) is 15.6. The van der Waals surface area contributed by atoms with Crippen LogP contribution in [-0.4, -0.2) is 39.7 Å². The Balaban J connectivity index is 1.81. The van der Waals surface area contributed by atoms with Gasteiger partial charge in [0.15, 0.2) is 0 Å². The van der Waals surface area contributed by atoms with E-state index in [1.54, 1.807) is 42.8 Å². The Morgan fingerprint density at radius 1 is 1.19 bits per heavy atom. The van der Waals surface area contributed by atoms with E-state index in [0.717, 1.165) is 17.0 Å². The molecule has 0 aliphatic heterocycles. The molecule has 0 saturated heterocycles. The molecule has 7 heteroatoms. The van der Waals surface area contributed by atoms with Crippen LogP contribution < -0.4 is 4.74 Å². The Kier molecular flexibility index (Phi) is 5.23. The monoisotopic (exact) mass is 370 g/mol. The lowest BCUT2D eigenvalue weighted by Crippen LogP contribution is -2.27. The summed E-state index contributed by atoms with van der Waals surface area (Å²) in [5, 5.41) is 4.99. The van der Waals surface area contributed by atoms with Gasteiger partial charge in [-0.1, -0.05) is 29.8 Å². The van der Waals surface area contributed by atoms with Crippen LogP contribution >= 0.6 is 11.6 Å². The summed E-state index contributed by atoms with van der Waals surface area (Å²) in [6.07, 6.45) is 0. The number of methoxy groups -OCH3 is 1. The van der Waals surface area contributed by atoms with E-state index in [0.29, 0.717) is 17.4 Å². The summed E-state index contributed by atoms with van der Waals surface area (Å²) in [6.45, 7) is 2.20. The van der Waals surface area contributed by atoms with Crippen LogP contribution in [-0.2, 0) is 6.54 Å². The number of hydrogen-bond donors (Lipinski definition) is 0. The number of carbonyl (C=O) groups excluding carboxylic acids is 1. The number of nitrogens with zero attached hydrogens (tertiary/aromatic N) is 4. The van der Waals surface area contributed by atoms with Gasteiger partial charge in [-0.05, 0) is 37.3 Å². The number of para-hydroxylation sites is 1. The highest BCUT2D eigenvalue weighted by molar-refractivity contribution is 6.30. The highest BCUT2D eigenvalue weighted by Gasteiger charge is 2.20.